The molecule has 2 rings (SSSR count). The maximum absolute atomic E-state index is 12.4. The molecule has 0 saturated heterocycles. The van der Waals surface area contributed by atoms with Gasteiger partial charge in [-0.25, -0.2) is 0 Å². The van der Waals surface area contributed by atoms with E-state index < -0.39 is 5.54 Å². The van der Waals surface area contributed by atoms with Crippen molar-refractivity contribution in [2.24, 2.45) is 4.99 Å². The lowest BCUT2D eigenvalue weighted by Gasteiger charge is -2.41. The molecular weight excluding hydrogens is 274 g/mol. The highest BCUT2D eigenvalue weighted by atomic mass is 16.5. The number of amides is 2. The highest BCUT2D eigenvalue weighted by Crippen LogP contribution is 2.27. The maximum atomic E-state index is 12.4. The minimum absolute atomic E-state index is 0.0258. The zero-order valence-electron chi connectivity index (χ0n) is 11.9. The molecule has 0 saturated carbocycles. The second-order valence-electron chi connectivity index (χ2n) is 4.98. The Bertz CT molecular complexity index is 512. The number of nitrogens with zero attached hydrogens (tertiary/aromatic N) is 2. The molecule has 0 spiro atoms. The van der Waals surface area contributed by atoms with Crippen LogP contribution in [0.2, 0.25) is 0 Å². The summed E-state index contributed by atoms with van der Waals surface area (Å²) in [5, 5.41) is 11.3. The lowest BCUT2D eigenvalue weighted by Crippen LogP contribution is -2.60. The number of carbonyl (C=O) groups is 2. The average molecular weight is 293 g/mol. The van der Waals surface area contributed by atoms with Gasteiger partial charge in [-0.15, -0.1) is 0 Å². The van der Waals surface area contributed by atoms with Crippen LogP contribution in [0.1, 0.15) is 13.3 Å². The van der Waals surface area contributed by atoms with E-state index in [1.807, 2.05) is 0 Å². The fourth-order valence-corrected chi connectivity index (χ4v) is 2.27. The van der Waals surface area contributed by atoms with Gasteiger partial charge in [0.05, 0.1) is 26.2 Å². The molecule has 7 nitrogen and oxygen atoms in total. The summed E-state index contributed by atoms with van der Waals surface area (Å²) in [6.45, 7) is 2.54. The SMILES string of the molecule is CC1(C(=O)NCCOCCO)CC(=O)N=C2C=CC=CN21. The second kappa shape index (κ2) is 6.64. The van der Waals surface area contributed by atoms with E-state index in [0.29, 0.717) is 19.0 Å². The molecule has 0 radical (unpaired) electrons. The molecule has 1 atom stereocenters. The number of fused-ring (bicyclic) bond motifs is 1. The second-order valence-corrected chi connectivity index (χ2v) is 4.98. The third kappa shape index (κ3) is 3.37. The average Bonchev–Trinajstić information content (AvgIpc) is 2.46. The highest BCUT2D eigenvalue weighted by molar-refractivity contribution is 6.09. The quantitative estimate of drug-likeness (QED) is 0.649. The lowest BCUT2D eigenvalue weighted by atomic mass is 9.91. The number of carbonyl (C=O) groups excluding carboxylic acids is 2. The Morgan fingerprint density at radius 3 is 3.10 bits per heavy atom. The summed E-state index contributed by atoms with van der Waals surface area (Å²) in [5.74, 6) is -0.0888. The molecule has 2 heterocycles. The van der Waals surface area contributed by atoms with Crippen LogP contribution in [-0.2, 0) is 14.3 Å². The molecule has 0 aromatic carbocycles. The topological polar surface area (TPSA) is 91.2 Å². The molecule has 21 heavy (non-hydrogen) atoms. The van der Waals surface area contributed by atoms with E-state index in [4.69, 9.17) is 9.84 Å². The fraction of sp³-hybridized carbons (Fsp3) is 0.500. The van der Waals surface area contributed by atoms with Gasteiger partial charge in [0.2, 0.25) is 5.91 Å². The van der Waals surface area contributed by atoms with Gasteiger partial charge < -0.3 is 20.1 Å². The lowest BCUT2D eigenvalue weighted by molar-refractivity contribution is -0.134. The number of aliphatic hydroxyl groups is 1. The zero-order valence-corrected chi connectivity index (χ0v) is 11.9. The van der Waals surface area contributed by atoms with Crippen molar-refractivity contribution < 1.29 is 19.4 Å². The highest BCUT2D eigenvalue weighted by Gasteiger charge is 2.44. The molecule has 0 fully saturated rings. The predicted molar refractivity (Wildman–Crippen MR) is 76.5 cm³/mol. The van der Waals surface area contributed by atoms with Crippen molar-refractivity contribution in [3.63, 3.8) is 0 Å². The van der Waals surface area contributed by atoms with E-state index in [1.54, 1.807) is 36.3 Å². The summed E-state index contributed by atoms with van der Waals surface area (Å²) in [7, 11) is 0. The summed E-state index contributed by atoms with van der Waals surface area (Å²) in [6.07, 6.45) is 7.04. The first kappa shape index (κ1) is 15.4. The number of nitrogens with one attached hydrogen (secondary N) is 1. The monoisotopic (exact) mass is 293 g/mol. The molecule has 2 amide bonds. The fourth-order valence-electron chi connectivity index (χ4n) is 2.27. The Labute approximate surface area is 123 Å². The van der Waals surface area contributed by atoms with E-state index in [9.17, 15) is 9.59 Å². The first-order valence-electron chi connectivity index (χ1n) is 6.80. The largest absolute Gasteiger partial charge is 0.394 e. The van der Waals surface area contributed by atoms with Gasteiger partial charge in [0.15, 0.2) is 0 Å². The van der Waals surface area contributed by atoms with Crippen LogP contribution in [0, 0.1) is 0 Å². The number of allylic oxidation sites excluding steroid dienone is 2. The third-order valence-electron chi connectivity index (χ3n) is 3.36. The van der Waals surface area contributed by atoms with Crippen LogP contribution < -0.4 is 5.32 Å². The number of amidine groups is 1. The van der Waals surface area contributed by atoms with Gasteiger partial charge in [-0.05, 0) is 19.1 Å². The summed E-state index contributed by atoms with van der Waals surface area (Å²) in [5.41, 5.74) is -0.994. The number of rotatable bonds is 6. The van der Waals surface area contributed by atoms with E-state index in [2.05, 4.69) is 10.3 Å². The molecular formula is C14H19N3O4. The predicted octanol–water partition coefficient (Wildman–Crippen LogP) is -0.415. The van der Waals surface area contributed by atoms with Crippen molar-refractivity contribution >= 4 is 17.6 Å². The van der Waals surface area contributed by atoms with Crippen molar-refractivity contribution in [3.05, 3.63) is 24.4 Å². The number of hydrogen-bond acceptors (Lipinski definition) is 5. The van der Waals surface area contributed by atoms with Crippen molar-refractivity contribution in [1.29, 1.82) is 0 Å². The minimum atomic E-state index is -0.994. The summed E-state index contributed by atoms with van der Waals surface area (Å²) < 4.78 is 5.09. The number of aliphatic hydroxyl groups excluding tert-OH is 1. The minimum Gasteiger partial charge on any atom is -0.394 e. The number of aliphatic imine (C=N–C) groups is 1. The van der Waals surface area contributed by atoms with Crippen LogP contribution in [0.25, 0.3) is 0 Å². The van der Waals surface area contributed by atoms with Crippen molar-refractivity contribution in [2.75, 3.05) is 26.4 Å². The molecule has 2 N–H and O–H groups in total. The number of ether oxygens (including phenoxy) is 1. The standard InChI is InChI=1S/C14H19N3O4/c1-14(13(20)15-5-8-21-9-7-18)10-12(19)16-11-4-2-3-6-17(11)14/h2-4,6,18H,5,7-10H2,1H3,(H,15,20). The van der Waals surface area contributed by atoms with Gasteiger partial charge in [0.25, 0.3) is 5.91 Å². The molecule has 0 aromatic heterocycles. The van der Waals surface area contributed by atoms with E-state index in [-0.39, 0.29) is 31.4 Å². The van der Waals surface area contributed by atoms with Crippen molar-refractivity contribution in [2.45, 2.75) is 18.9 Å². The van der Waals surface area contributed by atoms with Crippen LogP contribution >= 0.6 is 0 Å². The molecule has 2 aliphatic heterocycles. The number of hydrogen-bond donors (Lipinski definition) is 2. The molecule has 0 aromatic rings. The van der Waals surface area contributed by atoms with Gasteiger partial charge in [0, 0.05) is 12.7 Å². The Hall–Kier alpha value is -1.99. The first-order valence-corrected chi connectivity index (χ1v) is 6.80. The van der Waals surface area contributed by atoms with Gasteiger partial charge in [0.1, 0.15) is 11.4 Å². The van der Waals surface area contributed by atoms with Crippen LogP contribution in [0.15, 0.2) is 29.4 Å². The van der Waals surface area contributed by atoms with Crippen molar-refractivity contribution in [3.8, 4) is 0 Å². The molecule has 7 heteroatoms. The molecule has 114 valence electrons. The van der Waals surface area contributed by atoms with Crippen molar-refractivity contribution in [1.82, 2.24) is 10.2 Å². The van der Waals surface area contributed by atoms with Gasteiger partial charge in [-0.1, -0.05) is 6.08 Å². The van der Waals surface area contributed by atoms with E-state index >= 15 is 0 Å². The molecule has 2 aliphatic rings. The Balaban J connectivity index is 2.01. The Morgan fingerprint density at radius 1 is 1.52 bits per heavy atom. The molecule has 0 bridgehead atoms. The Kier molecular flexibility index (Phi) is 4.87. The van der Waals surface area contributed by atoms with Gasteiger partial charge in [-0.3, -0.25) is 9.59 Å². The molecule has 0 aliphatic carbocycles. The van der Waals surface area contributed by atoms with Crippen LogP contribution in [0.3, 0.4) is 0 Å². The molecule has 1 unspecified atom stereocenters. The van der Waals surface area contributed by atoms with Crippen LogP contribution in [0.5, 0.6) is 0 Å². The summed E-state index contributed by atoms with van der Waals surface area (Å²) in [4.78, 5) is 29.8. The van der Waals surface area contributed by atoms with E-state index in [1.165, 1.54) is 0 Å². The summed E-state index contributed by atoms with van der Waals surface area (Å²) in [6, 6.07) is 0. The van der Waals surface area contributed by atoms with Crippen LogP contribution in [-0.4, -0.2) is 59.6 Å². The van der Waals surface area contributed by atoms with Gasteiger partial charge >= 0.3 is 0 Å². The maximum Gasteiger partial charge on any atom is 0.250 e. The van der Waals surface area contributed by atoms with Gasteiger partial charge in [-0.2, -0.15) is 4.99 Å². The van der Waals surface area contributed by atoms with Crippen LogP contribution in [0.4, 0.5) is 0 Å². The summed E-state index contributed by atoms with van der Waals surface area (Å²) >= 11 is 0. The normalized spacial score (nSPS) is 23.8. The third-order valence-corrected chi connectivity index (χ3v) is 3.36. The zero-order chi connectivity index (χ0) is 15.3. The smallest absolute Gasteiger partial charge is 0.250 e. The first-order chi connectivity index (χ1) is 10.1. The van der Waals surface area contributed by atoms with E-state index in [0.717, 1.165) is 0 Å². The Morgan fingerprint density at radius 2 is 2.33 bits per heavy atom.